The molecule has 11 heteroatoms. The van der Waals surface area contributed by atoms with Crippen LogP contribution < -0.4 is 5.32 Å². The number of benzene rings is 2. The number of nitro groups is 1. The third-order valence-corrected chi connectivity index (χ3v) is 5.44. The number of nitro benzene ring substituents is 1. The number of non-ortho nitro benzene ring substituents is 1. The number of thioether (sulfide) groups is 1. The van der Waals surface area contributed by atoms with Crippen LogP contribution in [0.1, 0.15) is 25.3 Å². The van der Waals surface area contributed by atoms with Crippen LogP contribution in [0.5, 0.6) is 0 Å². The fourth-order valence-electron chi connectivity index (χ4n) is 2.65. The van der Waals surface area contributed by atoms with Crippen molar-refractivity contribution in [3.63, 3.8) is 0 Å². The number of halogens is 1. The Bertz CT molecular complexity index is 1040. The highest BCUT2D eigenvalue weighted by molar-refractivity contribution is 7.99. The van der Waals surface area contributed by atoms with Crippen molar-refractivity contribution in [2.24, 2.45) is 0 Å². The van der Waals surface area contributed by atoms with Gasteiger partial charge in [-0.3, -0.25) is 14.9 Å². The third kappa shape index (κ3) is 5.55. The van der Waals surface area contributed by atoms with Crippen LogP contribution in [0.15, 0.2) is 47.6 Å². The monoisotopic (exact) mass is 446 g/mol. The van der Waals surface area contributed by atoms with E-state index in [1.54, 1.807) is 4.68 Å². The van der Waals surface area contributed by atoms with Gasteiger partial charge in [0.15, 0.2) is 0 Å². The summed E-state index contributed by atoms with van der Waals surface area (Å²) in [7, 11) is 0. The molecule has 0 fully saturated rings. The second kappa shape index (κ2) is 10.2. The SMILES string of the molecule is CCCCc1ccc(-n2nnnc2SCC(=O)Nc2ccc([N+](=O)[O-])cc2Cl)cc1. The number of carbonyl (C=O) groups excluding carboxylic acids is 1. The summed E-state index contributed by atoms with van der Waals surface area (Å²) < 4.78 is 1.57. The van der Waals surface area contributed by atoms with Crippen molar-refractivity contribution in [3.05, 3.63) is 63.2 Å². The highest BCUT2D eigenvalue weighted by atomic mass is 35.5. The van der Waals surface area contributed by atoms with Crippen LogP contribution in [0.3, 0.4) is 0 Å². The summed E-state index contributed by atoms with van der Waals surface area (Å²) in [6.45, 7) is 2.16. The van der Waals surface area contributed by atoms with Gasteiger partial charge in [-0.05, 0) is 47.0 Å². The van der Waals surface area contributed by atoms with Crippen molar-refractivity contribution in [2.75, 3.05) is 11.1 Å². The molecular weight excluding hydrogens is 428 g/mol. The van der Waals surface area contributed by atoms with Crippen LogP contribution in [0.25, 0.3) is 5.69 Å². The number of nitrogens with one attached hydrogen (secondary N) is 1. The smallest absolute Gasteiger partial charge is 0.271 e. The maximum atomic E-state index is 12.3. The van der Waals surface area contributed by atoms with Gasteiger partial charge in [0.05, 0.1) is 27.1 Å². The number of amides is 1. The Morgan fingerprint density at radius 1 is 1.27 bits per heavy atom. The Balaban J connectivity index is 1.61. The predicted octanol–water partition coefficient (Wildman–Crippen LogP) is 4.30. The van der Waals surface area contributed by atoms with Crippen molar-refractivity contribution >= 4 is 40.6 Å². The first-order valence-electron chi connectivity index (χ1n) is 9.22. The molecule has 0 spiro atoms. The maximum Gasteiger partial charge on any atom is 0.271 e. The van der Waals surface area contributed by atoms with Crippen LogP contribution in [-0.4, -0.2) is 36.8 Å². The molecule has 1 amide bonds. The summed E-state index contributed by atoms with van der Waals surface area (Å²) in [5.41, 5.74) is 2.21. The van der Waals surface area contributed by atoms with Gasteiger partial charge in [0.1, 0.15) is 0 Å². The van der Waals surface area contributed by atoms with Crippen molar-refractivity contribution in [2.45, 2.75) is 31.3 Å². The van der Waals surface area contributed by atoms with Crippen LogP contribution in [0.4, 0.5) is 11.4 Å². The number of unbranched alkanes of at least 4 members (excludes halogenated alkanes) is 1. The summed E-state index contributed by atoms with van der Waals surface area (Å²) in [6, 6.07) is 11.8. The highest BCUT2D eigenvalue weighted by Gasteiger charge is 2.14. The number of anilines is 1. The van der Waals surface area contributed by atoms with Gasteiger partial charge in [0, 0.05) is 12.1 Å². The number of hydrogen-bond donors (Lipinski definition) is 1. The van der Waals surface area contributed by atoms with Gasteiger partial charge < -0.3 is 5.32 Å². The fourth-order valence-corrected chi connectivity index (χ4v) is 3.56. The number of rotatable bonds is 9. The van der Waals surface area contributed by atoms with E-state index in [0.717, 1.165) is 24.9 Å². The molecular formula is C19H19ClN6O3S. The van der Waals surface area contributed by atoms with Gasteiger partial charge in [0.2, 0.25) is 11.1 Å². The molecule has 30 heavy (non-hydrogen) atoms. The average Bonchev–Trinajstić information content (AvgIpc) is 3.21. The van der Waals surface area contributed by atoms with E-state index >= 15 is 0 Å². The van der Waals surface area contributed by atoms with Crippen LogP contribution >= 0.6 is 23.4 Å². The molecule has 0 atom stereocenters. The van der Waals surface area contributed by atoms with Crippen molar-refractivity contribution in [1.29, 1.82) is 0 Å². The molecule has 0 unspecified atom stereocenters. The largest absolute Gasteiger partial charge is 0.324 e. The van der Waals surface area contributed by atoms with E-state index in [2.05, 4.69) is 27.8 Å². The van der Waals surface area contributed by atoms with E-state index in [-0.39, 0.29) is 22.4 Å². The summed E-state index contributed by atoms with van der Waals surface area (Å²) in [5, 5.41) is 25.6. The van der Waals surface area contributed by atoms with Crippen LogP contribution in [-0.2, 0) is 11.2 Å². The minimum absolute atomic E-state index is 0.0439. The Kier molecular flexibility index (Phi) is 7.36. The number of carbonyl (C=O) groups is 1. The van der Waals surface area contributed by atoms with Crippen molar-refractivity contribution < 1.29 is 9.72 Å². The zero-order valence-electron chi connectivity index (χ0n) is 16.1. The van der Waals surface area contributed by atoms with Crippen molar-refractivity contribution in [1.82, 2.24) is 20.2 Å². The molecule has 1 aromatic heterocycles. The molecule has 0 bridgehead atoms. The number of nitrogens with zero attached hydrogens (tertiary/aromatic N) is 5. The lowest BCUT2D eigenvalue weighted by molar-refractivity contribution is -0.384. The summed E-state index contributed by atoms with van der Waals surface area (Å²) >= 11 is 7.18. The normalized spacial score (nSPS) is 10.7. The van der Waals surface area contributed by atoms with Gasteiger partial charge in [-0.2, -0.15) is 4.68 Å². The summed E-state index contributed by atoms with van der Waals surface area (Å²) in [5.74, 6) is -0.289. The number of aryl methyl sites for hydroxylation is 1. The topological polar surface area (TPSA) is 116 Å². The van der Waals surface area contributed by atoms with Crippen LogP contribution in [0.2, 0.25) is 5.02 Å². The van der Waals surface area contributed by atoms with Gasteiger partial charge in [0.25, 0.3) is 5.69 Å². The molecule has 1 heterocycles. The zero-order chi connectivity index (χ0) is 21.5. The first-order valence-corrected chi connectivity index (χ1v) is 10.6. The van der Waals surface area contributed by atoms with E-state index in [1.165, 1.54) is 35.5 Å². The lowest BCUT2D eigenvalue weighted by atomic mass is 10.1. The highest BCUT2D eigenvalue weighted by Crippen LogP contribution is 2.27. The van der Waals surface area contributed by atoms with E-state index in [9.17, 15) is 14.9 Å². The third-order valence-electron chi connectivity index (χ3n) is 4.21. The van der Waals surface area contributed by atoms with E-state index in [4.69, 9.17) is 11.6 Å². The molecule has 9 nitrogen and oxygen atoms in total. The maximum absolute atomic E-state index is 12.3. The minimum atomic E-state index is -0.552. The standard InChI is InChI=1S/C19H19ClN6O3S/c1-2-3-4-13-5-7-14(8-6-13)25-19(22-23-24-25)30-12-18(27)21-17-10-9-15(26(28)29)11-16(17)20/h5-11H,2-4,12H2,1H3,(H,21,27). The number of tetrazole rings is 1. The molecule has 156 valence electrons. The molecule has 0 radical (unpaired) electrons. The Morgan fingerprint density at radius 3 is 2.70 bits per heavy atom. The van der Waals surface area contributed by atoms with E-state index in [1.807, 2.05) is 24.3 Å². The Labute approximate surface area is 182 Å². The molecule has 0 saturated heterocycles. The molecule has 3 aromatic rings. The van der Waals surface area contributed by atoms with Gasteiger partial charge >= 0.3 is 0 Å². The van der Waals surface area contributed by atoms with Crippen molar-refractivity contribution in [3.8, 4) is 5.69 Å². The molecule has 3 rings (SSSR count). The van der Waals surface area contributed by atoms with Gasteiger partial charge in [-0.25, -0.2) is 0 Å². The minimum Gasteiger partial charge on any atom is -0.324 e. The van der Waals surface area contributed by atoms with Gasteiger partial charge in [-0.15, -0.1) is 5.10 Å². The molecule has 0 aliphatic heterocycles. The number of aromatic nitrogens is 4. The van der Waals surface area contributed by atoms with Crippen LogP contribution in [0, 0.1) is 10.1 Å². The zero-order valence-corrected chi connectivity index (χ0v) is 17.7. The van der Waals surface area contributed by atoms with E-state index in [0.29, 0.717) is 10.8 Å². The molecule has 0 saturated carbocycles. The predicted molar refractivity (Wildman–Crippen MR) is 115 cm³/mol. The van der Waals surface area contributed by atoms with Gasteiger partial charge in [-0.1, -0.05) is 48.8 Å². The average molecular weight is 447 g/mol. The fraction of sp³-hybridized carbons (Fsp3) is 0.263. The molecule has 1 N–H and O–H groups in total. The first kappa shape index (κ1) is 21.7. The second-order valence-electron chi connectivity index (χ2n) is 6.40. The molecule has 0 aliphatic carbocycles. The first-order chi connectivity index (χ1) is 14.5. The summed E-state index contributed by atoms with van der Waals surface area (Å²) in [6.07, 6.45) is 3.31. The molecule has 0 aliphatic rings. The Hall–Kier alpha value is -2.98. The lowest BCUT2D eigenvalue weighted by Gasteiger charge is -2.08. The molecule has 2 aromatic carbocycles. The number of hydrogen-bond acceptors (Lipinski definition) is 7. The van der Waals surface area contributed by atoms with E-state index < -0.39 is 4.92 Å². The lowest BCUT2D eigenvalue weighted by Crippen LogP contribution is -2.15. The summed E-state index contributed by atoms with van der Waals surface area (Å²) in [4.78, 5) is 22.5. The second-order valence-corrected chi connectivity index (χ2v) is 7.75. The quantitative estimate of drug-likeness (QED) is 0.296. The Morgan fingerprint density at radius 2 is 2.03 bits per heavy atom.